The summed E-state index contributed by atoms with van der Waals surface area (Å²) >= 11 is 0. The molecule has 4 rings (SSSR count). The Morgan fingerprint density at radius 1 is 1.33 bits per heavy atom. The summed E-state index contributed by atoms with van der Waals surface area (Å²) in [6.07, 6.45) is 3.55. The molecule has 0 unspecified atom stereocenters. The van der Waals surface area contributed by atoms with Gasteiger partial charge in [-0.05, 0) is 42.7 Å². The second-order valence-electron chi connectivity index (χ2n) is 7.28. The highest BCUT2D eigenvalue weighted by Gasteiger charge is 2.42. The number of methoxy groups -OCH3 is 1. The van der Waals surface area contributed by atoms with Crippen LogP contribution in [0.25, 0.3) is 0 Å². The van der Waals surface area contributed by atoms with E-state index in [9.17, 15) is 4.79 Å². The molecule has 0 radical (unpaired) electrons. The van der Waals surface area contributed by atoms with Crippen molar-refractivity contribution in [1.29, 1.82) is 0 Å². The Hall–Kier alpha value is -2.31. The molecule has 1 amide bonds. The molecule has 0 saturated carbocycles. The molecular formula is C21H26N2O4. The van der Waals surface area contributed by atoms with Gasteiger partial charge in [0, 0.05) is 25.7 Å². The predicted octanol–water partition coefficient (Wildman–Crippen LogP) is 2.58. The van der Waals surface area contributed by atoms with Crippen LogP contribution in [0.2, 0.25) is 0 Å². The first-order valence-corrected chi connectivity index (χ1v) is 9.51. The van der Waals surface area contributed by atoms with E-state index in [0.717, 1.165) is 44.0 Å². The quantitative estimate of drug-likeness (QED) is 0.847. The Bertz CT molecular complexity index is 761. The molecule has 3 heterocycles. The minimum atomic E-state index is -0.0788. The van der Waals surface area contributed by atoms with E-state index >= 15 is 0 Å². The largest absolute Gasteiger partial charge is 0.497 e. The predicted molar refractivity (Wildman–Crippen MR) is 100 cm³/mol. The van der Waals surface area contributed by atoms with Gasteiger partial charge in [0.05, 0.1) is 31.9 Å². The Kier molecular flexibility index (Phi) is 5.45. The lowest BCUT2D eigenvalue weighted by atomic mass is 9.89. The summed E-state index contributed by atoms with van der Waals surface area (Å²) in [7, 11) is 1.68. The first-order valence-electron chi connectivity index (χ1n) is 9.51. The van der Waals surface area contributed by atoms with Gasteiger partial charge in [0.2, 0.25) is 5.91 Å². The number of likely N-dealkylation sites (tertiary alicyclic amines) is 1. The van der Waals surface area contributed by atoms with Gasteiger partial charge >= 0.3 is 0 Å². The molecular weight excluding hydrogens is 344 g/mol. The Balaban J connectivity index is 1.43. The number of carbonyl (C=O) groups is 1. The maximum atomic E-state index is 12.7. The highest BCUT2D eigenvalue weighted by atomic mass is 16.5. The summed E-state index contributed by atoms with van der Waals surface area (Å²) in [5.74, 6) is 1.61. The highest BCUT2D eigenvalue weighted by molar-refractivity contribution is 5.79. The molecule has 2 aliphatic rings. The van der Waals surface area contributed by atoms with E-state index in [1.54, 1.807) is 13.4 Å². The molecule has 2 aromatic rings. The summed E-state index contributed by atoms with van der Waals surface area (Å²) in [5.41, 5.74) is 1.19. The van der Waals surface area contributed by atoms with E-state index in [0.29, 0.717) is 12.6 Å². The molecule has 0 aliphatic carbocycles. The minimum Gasteiger partial charge on any atom is -0.497 e. The topological polar surface area (TPSA) is 63.9 Å². The summed E-state index contributed by atoms with van der Waals surface area (Å²) in [6.45, 7) is 2.73. The third kappa shape index (κ3) is 4.17. The molecule has 0 bridgehead atoms. The van der Waals surface area contributed by atoms with Gasteiger partial charge in [-0.25, -0.2) is 0 Å². The van der Waals surface area contributed by atoms with Crippen molar-refractivity contribution in [3.8, 4) is 5.75 Å². The van der Waals surface area contributed by atoms with Crippen LogP contribution in [0.15, 0.2) is 47.1 Å². The van der Waals surface area contributed by atoms with Gasteiger partial charge in [0.1, 0.15) is 11.5 Å². The van der Waals surface area contributed by atoms with Crippen LogP contribution < -0.4 is 10.1 Å². The van der Waals surface area contributed by atoms with Gasteiger partial charge in [-0.2, -0.15) is 0 Å². The SMILES string of the molecule is COc1cccc(CN2C[C@@H](C(=O)NCc3ccco3)C[C@H]3OCC[C@H]32)c1. The lowest BCUT2D eigenvalue weighted by Gasteiger charge is -2.40. The van der Waals surface area contributed by atoms with Crippen molar-refractivity contribution in [3.63, 3.8) is 0 Å². The third-order valence-electron chi connectivity index (χ3n) is 5.52. The summed E-state index contributed by atoms with van der Waals surface area (Å²) in [4.78, 5) is 15.1. The number of furan rings is 1. The molecule has 0 spiro atoms. The van der Waals surface area contributed by atoms with E-state index in [-0.39, 0.29) is 17.9 Å². The summed E-state index contributed by atoms with van der Waals surface area (Å²) in [5, 5.41) is 3.00. The van der Waals surface area contributed by atoms with E-state index in [1.807, 2.05) is 24.3 Å². The number of piperidine rings is 1. The average molecular weight is 370 g/mol. The van der Waals surface area contributed by atoms with Gasteiger partial charge in [-0.3, -0.25) is 9.69 Å². The number of benzene rings is 1. The van der Waals surface area contributed by atoms with E-state index in [4.69, 9.17) is 13.9 Å². The molecule has 144 valence electrons. The molecule has 1 aromatic carbocycles. The van der Waals surface area contributed by atoms with Crippen molar-refractivity contribution in [2.75, 3.05) is 20.3 Å². The molecule has 3 atom stereocenters. The monoisotopic (exact) mass is 370 g/mol. The van der Waals surface area contributed by atoms with Crippen molar-refractivity contribution >= 4 is 5.91 Å². The second-order valence-corrected chi connectivity index (χ2v) is 7.28. The zero-order valence-corrected chi connectivity index (χ0v) is 15.6. The molecule has 1 aromatic heterocycles. The van der Waals surface area contributed by atoms with E-state index in [1.165, 1.54) is 5.56 Å². The number of rotatable bonds is 6. The average Bonchev–Trinajstić information content (AvgIpc) is 3.38. The van der Waals surface area contributed by atoms with Crippen molar-refractivity contribution in [1.82, 2.24) is 10.2 Å². The molecule has 6 nitrogen and oxygen atoms in total. The lowest BCUT2D eigenvalue weighted by Crippen LogP contribution is -2.52. The van der Waals surface area contributed by atoms with Crippen molar-refractivity contribution in [2.24, 2.45) is 5.92 Å². The number of carbonyl (C=O) groups excluding carboxylic acids is 1. The van der Waals surface area contributed by atoms with E-state index < -0.39 is 0 Å². The first kappa shape index (κ1) is 18.1. The maximum absolute atomic E-state index is 12.7. The number of ether oxygens (including phenoxy) is 2. The van der Waals surface area contributed by atoms with Crippen molar-refractivity contribution < 1.29 is 18.7 Å². The summed E-state index contributed by atoms with van der Waals surface area (Å²) < 4.78 is 16.6. The fourth-order valence-electron chi connectivity index (χ4n) is 4.16. The van der Waals surface area contributed by atoms with Crippen LogP contribution in [0.3, 0.4) is 0 Å². The number of fused-ring (bicyclic) bond motifs is 1. The van der Waals surface area contributed by atoms with Crippen LogP contribution in [-0.2, 0) is 22.6 Å². The van der Waals surface area contributed by atoms with Crippen LogP contribution in [0.4, 0.5) is 0 Å². The molecule has 27 heavy (non-hydrogen) atoms. The van der Waals surface area contributed by atoms with Gasteiger partial charge in [0.25, 0.3) is 0 Å². The van der Waals surface area contributed by atoms with Crippen LogP contribution in [0, 0.1) is 5.92 Å². The lowest BCUT2D eigenvalue weighted by molar-refractivity contribution is -0.130. The first-order chi connectivity index (χ1) is 13.2. The van der Waals surface area contributed by atoms with Gasteiger partial charge in [-0.15, -0.1) is 0 Å². The molecule has 2 saturated heterocycles. The zero-order chi connectivity index (χ0) is 18.6. The third-order valence-corrected chi connectivity index (χ3v) is 5.52. The fraction of sp³-hybridized carbons (Fsp3) is 0.476. The fourth-order valence-corrected chi connectivity index (χ4v) is 4.16. The maximum Gasteiger partial charge on any atom is 0.224 e. The number of nitrogens with zero attached hydrogens (tertiary/aromatic N) is 1. The van der Waals surface area contributed by atoms with Gasteiger partial charge in [-0.1, -0.05) is 12.1 Å². The van der Waals surface area contributed by atoms with Gasteiger partial charge in [0.15, 0.2) is 0 Å². The number of hydrogen-bond donors (Lipinski definition) is 1. The van der Waals surface area contributed by atoms with Crippen LogP contribution in [0.5, 0.6) is 5.75 Å². The molecule has 2 fully saturated rings. The van der Waals surface area contributed by atoms with Crippen molar-refractivity contribution in [2.45, 2.75) is 38.1 Å². The number of hydrogen-bond acceptors (Lipinski definition) is 5. The van der Waals surface area contributed by atoms with E-state index in [2.05, 4.69) is 22.3 Å². The Morgan fingerprint density at radius 2 is 2.26 bits per heavy atom. The Morgan fingerprint density at radius 3 is 3.07 bits per heavy atom. The van der Waals surface area contributed by atoms with Crippen LogP contribution >= 0.6 is 0 Å². The minimum absolute atomic E-state index is 0.0657. The summed E-state index contributed by atoms with van der Waals surface area (Å²) in [6, 6.07) is 12.2. The van der Waals surface area contributed by atoms with Crippen LogP contribution in [-0.4, -0.2) is 43.2 Å². The molecule has 6 heteroatoms. The Labute approximate surface area is 159 Å². The van der Waals surface area contributed by atoms with Gasteiger partial charge < -0.3 is 19.2 Å². The smallest absolute Gasteiger partial charge is 0.224 e. The standard InChI is InChI=1S/C21H26N2O4/c1-25-17-5-2-4-15(10-17)13-23-14-16(11-20-19(23)7-9-27-20)21(24)22-12-18-6-3-8-26-18/h2-6,8,10,16,19-20H,7,9,11-14H2,1H3,(H,22,24)/t16-,19+,20+/m0/s1. The number of amides is 1. The molecule has 1 N–H and O–H groups in total. The number of nitrogens with one attached hydrogen (secondary N) is 1. The second kappa shape index (κ2) is 8.15. The van der Waals surface area contributed by atoms with Crippen molar-refractivity contribution in [3.05, 3.63) is 54.0 Å². The normalized spacial score (nSPS) is 25.1. The highest BCUT2D eigenvalue weighted by Crippen LogP contribution is 2.32. The van der Waals surface area contributed by atoms with Crippen LogP contribution in [0.1, 0.15) is 24.2 Å². The molecule has 2 aliphatic heterocycles. The zero-order valence-electron chi connectivity index (χ0n) is 15.6.